The number of sulfonamides is 3. The van der Waals surface area contributed by atoms with Gasteiger partial charge in [0.2, 0.25) is 47.8 Å². The number of benzene rings is 6. The quantitative estimate of drug-likeness (QED) is 0.0483. The Morgan fingerprint density at radius 1 is 0.462 bits per heavy atom. The number of nitrogens with one attached hydrogen (secondary N) is 3. The smallest absolute Gasteiger partial charge is 0.241 e. The van der Waals surface area contributed by atoms with Gasteiger partial charge in [-0.15, -0.1) is 0 Å². The Bertz CT molecular complexity index is 3400. The Kier molecular flexibility index (Phi) is 20.4. The van der Waals surface area contributed by atoms with Crippen LogP contribution in [0.2, 0.25) is 5.02 Å². The summed E-state index contributed by atoms with van der Waals surface area (Å²) in [5, 5.41) is 24.5. The largest absolute Gasteiger partial charge is 0.489 e. The number of ether oxygens (including phenoxy) is 4. The molecule has 3 aliphatic rings. The fourth-order valence-electron chi connectivity index (χ4n) is 8.02. The second kappa shape index (κ2) is 27.1. The van der Waals surface area contributed by atoms with Gasteiger partial charge in [0.05, 0.1) is 44.7 Å². The van der Waals surface area contributed by atoms with Crippen LogP contribution in [0.5, 0.6) is 17.2 Å². The maximum absolute atomic E-state index is 12.2. The highest BCUT2D eigenvalue weighted by Crippen LogP contribution is 2.34. The first-order chi connectivity index (χ1) is 37.2. The van der Waals surface area contributed by atoms with Crippen LogP contribution < -0.4 is 45.6 Å². The van der Waals surface area contributed by atoms with E-state index in [-0.39, 0.29) is 87.2 Å². The number of hydrogen-bond acceptors (Lipinski definition) is 13. The Labute approximate surface area is 459 Å². The van der Waals surface area contributed by atoms with Crippen LogP contribution in [0.3, 0.4) is 0 Å². The Morgan fingerprint density at radius 3 is 1.13 bits per heavy atom. The zero-order valence-corrected chi connectivity index (χ0v) is 45.6. The molecule has 1 aliphatic heterocycles. The second-order valence-electron chi connectivity index (χ2n) is 18.6. The number of halogens is 1. The molecule has 1 heterocycles. The lowest BCUT2D eigenvalue weighted by Gasteiger charge is -2.27. The van der Waals surface area contributed by atoms with E-state index in [0.29, 0.717) is 53.7 Å². The molecule has 0 bridgehead atoms. The minimum absolute atomic E-state index is 0.0103. The van der Waals surface area contributed by atoms with Crippen molar-refractivity contribution in [1.29, 1.82) is 0 Å². The predicted octanol–water partition coefficient (Wildman–Crippen LogP) is 7.62. The van der Waals surface area contributed by atoms with Crippen molar-refractivity contribution in [3.63, 3.8) is 0 Å². The van der Waals surface area contributed by atoms with Crippen LogP contribution in [0.1, 0.15) is 68.1 Å². The monoisotopic (exact) mass is 1140 g/mol. The summed E-state index contributed by atoms with van der Waals surface area (Å²) in [6, 6.07) is 39.0. The first-order valence-corrected chi connectivity index (χ1v) is 30.0. The van der Waals surface area contributed by atoms with Crippen molar-refractivity contribution in [2.45, 2.75) is 104 Å². The minimum Gasteiger partial charge on any atom is -0.489 e. The standard InChI is InChI=1S/C19H22N2O5S.C18H19ClN2O4S.C18H20N2O4S/c20-27(23,24)18-13-15(21-19(22)12-14-4-2-1-3-5-14)6-7-17(18)26-16-8-10-25-11-9-16;19-15-7-2-1-4-12(15)10-18(22)21-13-8-9-16(25-14-5-3-6-14)17(11-13)26(20,23)24;19-25(22,23)17-12-14(9-10-16(17)24-15-7-4-8-15)20-18(21)11-13-5-2-1-3-6-13/h1-7,13,16H,8-12H2,(H,21,22)(H2,20,23,24);1-2,4,7-9,11,14H,3,5-6,10H2,(H,21,22)(H2,20,23,24);1-3,5-6,9-10,12,15H,4,7-8,11H2,(H,20,21)(H2,19,22,23). The lowest BCUT2D eigenvalue weighted by atomic mass is 9.96. The molecule has 0 atom stereocenters. The van der Waals surface area contributed by atoms with E-state index in [0.717, 1.165) is 49.7 Å². The van der Waals surface area contributed by atoms with Crippen LogP contribution in [0.4, 0.5) is 17.1 Å². The van der Waals surface area contributed by atoms with Crippen LogP contribution in [0.15, 0.2) is 154 Å². The van der Waals surface area contributed by atoms with Crippen molar-refractivity contribution in [3.05, 3.63) is 161 Å². The molecule has 0 spiro atoms. The van der Waals surface area contributed by atoms with Gasteiger partial charge >= 0.3 is 0 Å². The molecule has 0 radical (unpaired) electrons. The normalized spacial score (nSPS) is 14.8. The third kappa shape index (κ3) is 18.1. The molecule has 1 saturated heterocycles. The lowest BCUT2D eigenvalue weighted by Crippen LogP contribution is -2.27. The van der Waals surface area contributed by atoms with Crippen molar-refractivity contribution in [3.8, 4) is 17.2 Å². The molecule has 2 aliphatic carbocycles. The molecule has 6 aromatic carbocycles. The molecular weight excluding hydrogens is 1080 g/mol. The number of rotatable bonds is 18. The predicted molar refractivity (Wildman–Crippen MR) is 296 cm³/mol. The van der Waals surface area contributed by atoms with Crippen molar-refractivity contribution in [2.24, 2.45) is 15.4 Å². The SMILES string of the molecule is NS(=O)(=O)c1cc(NC(=O)Cc2ccccc2)ccc1OC1CCC1.NS(=O)(=O)c1cc(NC(=O)Cc2ccccc2)ccc1OC1CCOCC1.NS(=O)(=O)c1cc(NC(=O)Cc2ccccc2Cl)ccc1OC1CCC1. The van der Waals surface area contributed by atoms with E-state index in [1.54, 1.807) is 42.5 Å². The summed E-state index contributed by atoms with van der Waals surface area (Å²) < 4.78 is 93.9. The maximum atomic E-state index is 12.2. The van der Waals surface area contributed by atoms with Crippen LogP contribution in [0.25, 0.3) is 0 Å². The molecule has 0 aromatic heterocycles. The van der Waals surface area contributed by atoms with Crippen LogP contribution in [-0.4, -0.2) is 74.5 Å². The molecule has 3 fully saturated rings. The fourth-order valence-corrected chi connectivity index (χ4v) is 10.3. The lowest BCUT2D eigenvalue weighted by molar-refractivity contribution is -0.116. The number of primary sulfonamides is 3. The van der Waals surface area contributed by atoms with Gasteiger partial charge in [-0.05, 0) is 116 Å². The summed E-state index contributed by atoms with van der Waals surface area (Å²) >= 11 is 6.05. The van der Waals surface area contributed by atoms with Gasteiger partial charge in [-0.2, -0.15) is 0 Å². The Balaban J connectivity index is 0.000000170. The van der Waals surface area contributed by atoms with E-state index in [1.165, 1.54) is 36.4 Å². The summed E-state index contributed by atoms with van der Waals surface area (Å²) in [7, 11) is -12.0. The average Bonchev–Trinajstić information content (AvgIpc) is 3.37. The van der Waals surface area contributed by atoms with Gasteiger partial charge in [0, 0.05) is 34.9 Å². The van der Waals surface area contributed by atoms with E-state index in [9.17, 15) is 39.6 Å². The number of carbonyl (C=O) groups is 3. The third-order valence-electron chi connectivity index (χ3n) is 12.5. The van der Waals surface area contributed by atoms with Gasteiger partial charge in [-0.25, -0.2) is 40.7 Å². The molecule has 23 heteroatoms. The van der Waals surface area contributed by atoms with E-state index in [4.69, 9.17) is 46.0 Å². The van der Waals surface area contributed by atoms with Crippen molar-refractivity contribution in [1.82, 2.24) is 0 Å². The first-order valence-electron chi connectivity index (χ1n) is 25.0. The highest BCUT2D eigenvalue weighted by atomic mass is 35.5. The van der Waals surface area contributed by atoms with Gasteiger partial charge in [-0.1, -0.05) is 90.5 Å². The fraction of sp³-hybridized carbons (Fsp3) is 0.291. The van der Waals surface area contributed by atoms with Gasteiger partial charge in [0.15, 0.2) is 0 Å². The van der Waals surface area contributed by atoms with Gasteiger partial charge in [0.25, 0.3) is 0 Å². The zero-order chi connectivity index (χ0) is 55.9. The van der Waals surface area contributed by atoms with Crippen molar-refractivity contribution in [2.75, 3.05) is 29.2 Å². The maximum Gasteiger partial charge on any atom is 0.241 e. The van der Waals surface area contributed by atoms with Crippen molar-refractivity contribution < 1.29 is 58.6 Å². The number of hydrogen-bond donors (Lipinski definition) is 6. The third-order valence-corrected chi connectivity index (χ3v) is 15.6. The van der Waals surface area contributed by atoms with Gasteiger partial charge in [0.1, 0.15) is 38.0 Å². The minimum atomic E-state index is -4.01. The molecule has 3 amide bonds. The van der Waals surface area contributed by atoms with Crippen LogP contribution >= 0.6 is 11.6 Å². The van der Waals surface area contributed by atoms with E-state index in [1.807, 2.05) is 60.7 Å². The second-order valence-corrected chi connectivity index (χ2v) is 23.6. The molecule has 9 N–H and O–H groups in total. The molecule has 19 nitrogen and oxygen atoms in total. The van der Waals surface area contributed by atoms with Crippen LogP contribution in [-0.2, 0) is 68.5 Å². The topological polar surface area (TPSA) is 305 Å². The summed E-state index contributed by atoms with van der Waals surface area (Å²) in [5.41, 5.74) is 3.46. The Morgan fingerprint density at radius 2 is 0.795 bits per heavy atom. The summed E-state index contributed by atoms with van der Waals surface area (Å²) in [5.74, 6) is -0.176. The number of nitrogens with two attached hydrogens (primary N) is 3. The van der Waals surface area contributed by atoms with Crippen LogP contribution in [0, 0.1) is 0 Å². The average molecular weight is 1150 g/mol. The van der Waals surface area contributed by atoms with Gasteiger partial charge < -0.3 is 34.9 Å². The molecule has 78 heavy (non-hydrogen) atoms. The van der Waals surface area contributed by atoms with E-state index in [2.05, 4.69) is 16.0 Å². The highest BCUT2D eigenvalue weighted by Gasteiger charge is 2.26. The summed E-state index contributed by atoms with van der Waals surface area (Å²) in [6.07, 6.45) is 7.45. The highest BCUT2D eigenvalue weighted by molar-refractivity contribution is 7.89. The zero-order valence-electron chi connectivity index (χ0n) is 42.3. The Hall–Kier alpha value is -6.89. The molecular formula is C55H61ClN6O13S3. The summed E-state index contributed by atoms with van der Waals surface area (Å²) in [4.78, 5) is 36.2. The number of anilines is 3. The number of amides is 3. The molecule has 0 unspecified atom stereocenters. The van der Waals surface area contributed by atoms with Crippen molar-refractivity contribution >= 4 is 76.5 Å². The number of carbonyl (C=O) groups excluding carboxylic acids is 3. The van der Waals surface area contributed by atoms with E-state index >= 15 is 0 Å². The first kappa shape index (κ1) is 58.8. The molecule has 414 valence electrons. The molecule has 9 rings (SSSR count). The molecule has 2 saturated carbocycles. The van der Waals surface area contributed by atoms with E-state index < -0.39 is 30.1 Å². The summed E-state index contributed by atoms with van der Waals surface area (Å²) in [6.45, 7) is 1.14. The van der Waals surface area contributed by atoms with Gasteiger partial charge in [-0.3, -0.25) is 14.4 Å². The molecule has 6 aromatic rings.